The molecule has 0 saturated carbocycles. The zero-order valence-corrected chi connectivity index (χ0v) is 14.4. The molecule has 132 valence electrons. The van der Waals surface area contributed by atoms with Crippen molar-refractivity contribution < 1.29 is 5.11 Å². The van der Waals surface area contributed by atoms with E-state index in [1.165, 1.54) is 5.56 Å². The summed E-state index contributed by atoms with van der Waals surface area (Å²) in [5.41, 5.74) is 2.10. The third-order valence-electron chi connectivity index (χ3n) is 4.74. The number of hydrogen-bond acceptors (Lipinski definition) is 6. The van der Waals surface area contributed by atoms with Crippen LogP contribution in [0.25, 0.3) is 0 Å². The van der Waals surface area contributed by atoms with Crippen molar-refractivity contribution in [3.05, 3.63) is 78.4 Å². The van der Waals surface area contributed by atoms with Crippen LogP contribution in [0, 0.1) is 0 Å². The Morgan fingerprint density at radius 2 is 1.77 bits per heavy atom. The van der Waals surface area contributed by atoms with Crippen molar-refractivity contribution in [2.75, 3.05) is 29.4 Å². The first-order valence-corrected chi connectivity index (χ1v) is 8.73. The number of aliphatic hydroxyl groups excluding tert-OH is 1. The van der Waals surface area contributed by atoms with Crippen molar-refractivity contribution in [3.63, 3.8) is 0 Å². The lowest BCUT2D eigenvalue weighted by Gasteiger charge is -2.42. The Bertz CT molecular complexity index is 826. The standard InChI is InChI=1S/C20H21N5O/c26-15-16-4-6-17(7-5-16)18-14-24(19-3-1-2-8-22-19)11-12-25(18)20-13-21-9-10-23-20/h1-10,13,18,26H,11-12,14-15H2. The van der Waals surface area contributed by atoms with E-state index in [0.29, 0.717) is 0 Å². The fourth-order valence-electron chi connectivity index (χ4n) is 3.38. The summed E-state index contributed by atoms with van der Waals surface area (Å²) in [4.78, 5) is 17.8. The van der Waals surface area contributed by atoms with Crippen LogP contribution in [0.15, 0.2) is 67.3 Å². The normalized spacial score (nSPS) is 17.3. The van der Waals surface area contributed by atoms with E-state index >= 15 is 0 Å². The molecule has 1 fully saturated rings. The number of piperazine rings is 1. The molecular formula is C20H21N5O. The van der Waals surface area contributed by atoms with E-state index in [1.54, 1.807) is 12.4 Å². The van der Waals surface area contributed by atoms with Crippen LogP contribution in [0.5, 0.6) is 0 Å². The van der Waals surface area contributed by atoms with Crippen LogP contribution >= 0.6 is 0 Å². The number of rotatable bonds is 4. The third kappa shape index (κ3) is 3.36. The maximum Gasteiger partial charge on any atom is 0.147 e. The van der Waals surface area contributed by atoms with Gasteiger partial charge in [-0.1, -0.05) is 30.3 Å². The number of benzene rings is 1. The van der Waals surface area contributed by atoms with Crippen LogP contribution in [0.3, 0.4) is 0 Å². The number of hydrogen-bond donors (Lipinski definition) is 1. The van der Waals surface area contributed by atoms with E-state index in [2.05, 4.69) is 36.9 Å². The van der Waals surface area contributed by atoms with Crippen molar-refractivity contribution in [1.82, 2.24) is 15.0 Å². The van der Waals surface area contributed by atoms with Gasteiger partial charge in [0.2, 0.25) is 0 Å². The van der Waals surface area contributed by atoms with Crippen LogP contribution in [-0.4, -0.2) is 39.7 Å². The second-order valence-corrected chi connectivity index (χ2v) is 6.31. The van der Waals surface area contributed by atoms with Crippen LogP contribution in [-0.2, 0) is 6.61 Å². The van der Waals surface area contributed by atoms with Crippen LogP contribution in [0.2, 0.25) is 0 Å². The largest absolute Gasteiger partial charge is 0.392 e. The first-order chi connectivity index (χ1) is 12.8. The van der Waals surface area contributed by atoms with Crippen LogP contribution < -0.4 is 9.80 Å². The fraction of sp³-hybridized carbons (Fsp3) is 0.250. The molecule has 3 heterocycles. The molecule has 0 amide bonds. The second-order valence-electron chi connectivity index (χ2n) is 6.31. The molecule has 1 aliphatic heterocycles. The lowest BCUT2D eigenvalue weighted by atomic mass is 10.0. The Labute approximate surface area is 152 Å². The Morgan fingerprint density at radius 3 is 2.46 bits per heavy atom. The fourth-order valence-corrected chi connectivity index (χ4v) is 3.38. The average molecular weight is 347 g/mol. The maximum atomic E-state index is 9.31. The van der Waals surface area contributed by atoms with Crippen LogP contribution in [0.1, 0.15) is 17.2 Å². The van der Waals surface area contributed by atoms with Crippen molar-refractivity contribution in [1.29, 1.82) is 0 Å². The van der Waals surface area contributed by atoms with E-state index in [0.717, 1.165) is 36.8 Å². The molecule has 0 bridgehead atoms. The van der Waals surface area contributed by atoms with Gasteiger partial charge in [0.05, 0.1) is 18.8 Å². The summed E-state index contributed by atoms with van der Waals surface area (Å²) in [6, 6.07) is 14.3. The molecule has 1 aromatic carbocycles. The molecule has 0 spiro atoms. The summed E-state index contributed by atoms with van der Waals surface area (Å²) < 4.78 is 0. The monoisotopic (exact) mass is 347 g/mol. The predicted octanol–water partition coefficient (Wildman–Crippen LogP) is 2.43. The van der Waals surface area contributed by atoms with Crippen molar-refractivity contribution in [3.8, 4) is 0 Å². The molecule has 1 atom stereocenters. The van der Waals surface area contributed by atoms with Gasteiger partial charge in [-0.05, 0) is 23.3 Å². The number of pyridine rings is 1. The first kappa shape index (κ1) is 16.5. The highest BCUT2D eigenvalue weighted by molar-refractivity contribution is 5.48. The lowest BCUT2D eigenvalue weighted by molar-refractivity contribution is 0.282. The van der Waals surface area contributed by atoms with Gasteiger partial charge in [0, 0.05) is 38.2 Å². The molecule has 0 radical (unpaired) electrons. The molecule has 6 nitrogen and oxygen atoms in total. The minimum atomic E-state index is 0.0544. The molecule has 1 saturated heterocycles. The number of anilines is 2. The number of aromatic nitrogens is 3. The summed E-state index contributed by atoms with van der Waals surface area (Å²) in [6.45, 7) is 2.57. The van der Waals surface area contributed by atoms with Crippen molar-refractivity contribution in [2.24, 2.45) is 0 Å². The van der Waals surface area contributed by atoms with E-state index in [-0.39, 0.29) is 12.6 Å². The second kappa shape index (κ2) is 7.49. The van der Waals surface area contributed by atoms with Gasteiger partial charge in [-0.2, -0.15) is 0 Å². The number of aliphatic hydroxyl groups is 1. The quantitative estimate of drug-likeness (QED) is 0.782. The minimum Gasteiger partial charge on any atom is -0.392 e. The van der Waals surface area contributed by atoms with Gasteiger partial charge in [-0.3, -0.25) is 4.98 Å². The van der Waals surface area contributed by atoms with Crippen molar-refractivity contribution in [2.45, 2.75) is 12.6 Å². The van der Waals surface area contributed by atoms with E-state index in [1.807, 2.05) is 42.7 Å². The van der Waals surface area contributed by atoms with Gasteiger partial charge in [0.15, 0.2) is 0 Å². The van der Waals surface area contributed by atoms with Gasteiger partial charge in [0.1, 0.15) is 11.6 Å². The Morgan fingerprint density at radius 1 is 0.923 bits per heavy atom. The first-order valence-electron chi connectivity index (χ1n) is 8.73. The molecular weight excluding hydrogens is 326 g/mol. The zero-order valence-electron chi connectivity index (χ0n) is 14.4. The maximum absolute atomic E-state index is 9.31. The molecule has 3 aromatic rings. The minimum absolute atomic E-state index is 0.0544. The lowest BCUT2D eigenvalue weighted by Crippen LogP contribution is -2.49. The molecule has 26 heavy (non-hydrogen) atoms. The average Bonchev–Trinajstić information content (AvgIpc) is 2.75. The van der Waals surface area contributed by atoms with Gasteiger partial charge >= 0.3 is 0 Å². The summed E-state index contributed by atoms with van der Waals surface area (Å²) in [5.74, 6) is 1.87. The van der Waals surface area contributed by atoms with Crippen LogP contribution in [0.4, 0.5) is 11.6 Å². The Balaban J connectivity index is 1.66. The molecule has 0 aliphatic carbocycles. The highest BCUT2D eigenvalue weighted by atomic mass is 16.3. The predicted molar refractivity (Wildman–Crippen MR) is 101 cm³/mol. The summed E-state index contributed by atoms with van der Waals surface area (Å²) in [5, 5.41) is 9.31. The van der Waals surface area contributed by atoms with Crippen molar-refractivity contribution >= 4 is 11.6 Å². The van der Waals surface area contributed by atoms with Gasteiger partial charge < -0.3 is 14.9 Å². The number of nitrogens with zero attached hydrogens (tertiary/aromatic N) is 5. The third-order valence-corrected chi connectivity index (χ3v) is 4.74. The smallest absolute Gasteiger partial charge is 0.147 e. The molecule has 1 aliphatic rings. The van der Waals surface area contributed by atoms with Gasteiger partial charge in [0.25, 0.3) is 0 Å². The Hall–Kier alpha value is -2.99. The summed E-state index contributed by atoms with van der Waals surface area (Å²) >= 11 is 0. The molecule has 2 aromatic heterocycles. The highest BCUT2D eigenvalue weighted by Crippen LogP contribution is 2.31. The topological polar surface area (TPSA) is 65.4 Å². The summed E-state index contributed by atoms with van der Waals surface area (Å²) in [7, 11) is 0. The van der Waals surface area contributed by atoms with E-state index < -0.39 is 0 Å². The molecule has 1 unspecified atom stereocenters. The molecule has 1 N–H and O–H groups in total. The highest BCUT2D eigenvalue weighted by Gasteiger charge is 2.30. The van der Waals surface area contributed by atoms with E-state index in [4.69, 9.17) is 0 Å². The zero-order chi connectivity index (χ0) is 17.8. The van der Waals surface area contributed by atoms with E-state index in [9.17, 15) is 5.11 Å². The summed E-state index contributed by atoms with van der Waals surface area (Å²) in [6.07, 6.45) is 7.06. The van der Waals surface area contributed by atoms with Gasteiger partial charge in [-0.15, -0.1) is 0 Å². The Kier molecular flexibility index (Phi) is 4.75. The van der Waals surface area contributed by atoms with Gasteiger partial charge in [-0.25, -0.2) is 9.97 Å². The molecule has 4 rings (SSSR count). The molecule has 6 heteroatoms. The SMILES string of the molecule is OCc1ccc(C2CN(c3ccccn3)CCN2c2cnccn2)cc1.